The Kier molecular flexibility index (Phi) is 19.5. The van der Waals surface area contributed by atoms with Crippen molar-refractivity contribution in [1.82, 2.24) is 0 Å². The minimum Gasteiger partial charge on any atom is -0.496 e. The second kappa shape index (κ2) is 27.2. The number of allylic oxidation sites excluding steroid dienone is 8. The third kappa shape index (κ3) is 14.3. The Hall–Kier alpha value is -9.59. The van der Waals surface area contributed by atoms with Crippen LogP contribution < -0.4 is 28.4 Å². The highest BCUT2D eigenvalue weighted by atomic mass is 32.2. The number of methoxy groups -OCH3 is 6. The van der Waals surface area contributed by atoms with Crippen molar-refractivity contribution in [3.63, 3.8) is 0 Å². The summed E-state index contributed by atoms with van der Waals surface area (Å²) in [6, 6.07) is 43.7. The van der Waals surface area contributed by atoms with Crippen LogP contribution in [0.1, 0.15) is 33.4 Å². The van der Waals surface area contributed by atoms with Crippen LogP contribution in [-0.4, -0.2) is 84.7 Å². The van der Waals surface area contributed by atoms with Gasteiger partial charge in [-0.25, -0.2) is 8.42 Å². The molecule has 6 aromatic carbocycles. The van der Waals surface area contributed by atoms with Crippen molar-refractivity contribution in [2.24, 2.45) is 22.7 Å². The first-order valence-corrected chi connectivity index (χ1v) is 28.5. The molecule has 0 aliphatic heterocycles. The second-order valence-corrected chi connectivity index (χ2v) is 21.8. The molecule has 2 aliphatic carbocycles. The van der Waals surface area contributed by atoms with Gasteiger partial charge in [-0.3, -0.25) is 9.59 Å². The van der Waals surface area contributed by atoms with Gasteiger partial charge in [0.25, 0.3) is 0 Å². The van der Waals surface area contributed by atoms with Gasteiger partial charge in [0.05, 0.1) is 54.2 Å². The van der Waals surface area contributed by atoms with Gasteiger partial charge in [-0.15, -0.1) is 0 Å². The van der Waals surface area contributed by atoms with E-state index in [1.807, 2.05) is 109 Å². The predicted molar refractivity (Wildman–Crippen MR) is 330 cm³/mol. The fourth-order valence-corrected chi connectivity index (χ4v) is 12.1. The van der Waals surface area contributed by atoms with E-state index in [4.69, 9.17) is 28.4 Å². The molecule has 0 saturated heterocycles. The van der Waals surface area contributed by atoms with E-state index >= 15 is 8.42 Å². The van der Waals surface area contributed by atoms with Gasteiger partial charge in [-0.05, 0) is 58.7 Å². The molecule has 0 radical (unpaired) electrons. The molecular weight excluding hydrogens is 1060 g/mol. The van der Waals surface area contributed by atoms with E-state index < -0.39 is 55.9 Å². The Morgan fingerprint density at radius 3 is 0.771 bits per heavy atom. The first kappa shape index (κ1) is 59.5. The van der Waals surface area contributed by atoms with E-state index in [0.717, 1.165) is 0 Å². The SMILES string of the molecule is COc1ccccc1/C=C/C1=CC(/C=C/c2ccccc2OC)(C(=O)O)C=C(/C=C/c2ccccc2OC)C1CS(=O)(=O)CC1C(/C=C/c2ccccc2OC)=CC(/C=C/c2ccccc2OC)(C(=O)O)C=C1/C=C/c1ccccc1OC. The van der Waals surface area contributed by atoms with Crippen LogP contribution in [0.3, 0.4) is 0 Å². The van der Waals surface area contributed by atoms with Crippen molar-refractivity contribution in [3.05, 3.63) is 262 Å². The summed E-state index contributed by atoms with van der Waals surface area (Å²) in [5.41, 5.74) is 1.85. The first-order chi connectivity index (χ1) is 40.2. The van der Waals surface area contributed by atoms with Crippen LogP contribution in [-0.2, 0) is 19.4 Å². The molecule has 0 atom stereocenters. The van der Waals surface area contributed by atoms with Crippen LogP contribution in [0.25, 0.3) is 36.5 Å². The smallest absolute Gasteiger partial charge is 0.321 e. The van der Waals surface area contributed by atoms with Gasteiger partial charge in [-0.2, -0.15) is 0 Å². The number of carbonyl (C=O) groups is 2. The molecule has 0 bridgehead atoms. The third-order valence-corrected chi connectivity index (χ3v) is 16.2. The van der Waals surface area contributed by atoms with Crippen molar-refractivity contribution < 1.29 is 56.6 Å². The van der Waals surface area contributed by atoms with Crippen LogP contribution in [0.15, 0.2) is 229 Å². The summed E-state index contributed by atoms with van der Waals surface area (Å²) in [4.78, 5) is 28.0. The maximum Gasteiger partial charge on any atom is 0.321 e. The number of ether oxygens (including phenoxy) is 6. The van der Waals surface area contributed by atoms with E-state index in [1.165, 1.54) is 14.2 Å². The summed E-state index contributed by atoms with van der Waals surface area (Å²) in [5.74, 6) is -2.15. The average Bonchev–Trinajstić information content (AvgIpc) is 3.71. The molecule has 0 unspecified atom stereocenters. The maximum atomic E-state index is 15.8. The topological polar surface area (TPSA) is 164 Å². The Bertz CT molecular complexity index is 3380. The van der Waals surface area contributed by atoms with E-state index in [-0.39, 0.29) is 0 Å². The zero-order valence-corrected chi connectivity index (χ0v) is 47.9. The summed E-state index contributed by atoms with van der Waals surface area (Å²) < 4.78 is 65.8. The highest BCUT2D eigenvalue weighted by Gasteiger charge is 2.42. The lowest BCUT2D eigenvalue weighted by atomic mass is 9.73. The summed E-state index contributed by atoms with van der Waals surface area (Å²) in [7, 11) is 4.97. The predicted octanol–water partition coefficient (Wildman–Crippen LogP) is 13.8. The molecule has 8 rings (SSSR count). The molecule has 13 heteroatoms. The fraction of sp³-hybridized carbons (Fsp3) is 0.171. The van der Waals surface area contributed by atoms with Gasteiger partial charge in [0.15, 0.2) is 9.84 Å². The van der Waals surface area contributed by atoms with E-state index in [9.17, 15) is 19.8 Å². The Labute approximate surface area is 485 Å². The number of hydrogen-bond donors (Lipinski definition) is 2. The van der Waals surface area contributed by atoms with E-state index in [1.54, 1.807) is 162 Å². The molecule has 424 valence electrons. The first-order valence-electron chi connectivity index (χ1n) is 26.6. The van der Waals surface area contributed by atoms with Crippen molar-refractivity contribution in [2.45, 2.75) is 0 Å². The second-order valence-electron chi connectivity index (χ2n) is 19.7. The minimum atomic E-state index is -4.30. The van der Waals surface area contributed by atoms with Crippen molar-refractivity contribution >= 4 is 58.2 Å². The number of carboxylic acids is 2. The summed E-state index contributed by atoms with van der Waals surface area (Å²) >= 11 is 0. The van der Waals surface area contributed by atoms with E-state index in [2.05, 4.69) is 0 Å². The molecule has 0 amide bonds. The summed E-state index contributed by atoms with van der Waals surface area (Å²) in [5, 5.41) is 22.9. The maximum absolute atomic E-state index is 15.8. The summed E-state index contributed by atoms with van der Waals surface area (Å²) in [6.07, 6.45) is 27.0. The molecule has 0 heterocycles. The number of para-hydroxylation sites is 6. The largest absolute Gasteiger partial charge is 0.496 e. The lowest BCUT2D eigenvalue weighted by Crippen LogP contribution is -2.35. The Morgan fingerprint density at radius 2 is 0.566 bits per heavy atom. The number of sulfone groups is 1. The minimum absolute atomic E-state index is 0.391. The fourth-order valence-electron chi connectivity index (χ4n) is 10.2. The molecular formula is C70H66O12S. The highest BCUT2D eigenvalue weighted by molar-refractivity contribution is 7.91. The van der Waals surface area contributed by atoms with E-state index in [0.29, 0.717) is 90.2 Å². The van der Waals surface area contributed by atoms with Gasteiger partial charge in [0.2, 0.25) is 0 Å². The van der Waals surface area contributed by atoms with Crippen LogP contribution in [0.2, 0.25) is 0 Å². The zero-order chi connectivity index (χ0) is 59.0. The van der Waals surface area contributed by atoms with Crippen molar-refractivity contribution in [1.29, 1.82) is 0 Å². The molecule has 0 fully saturated rings. The molecule has 12 nitrogen and oxygen atoms in total. The van der Waals surface area contributed by atoms with Gasteiger partial charge in [0, 0.05) is 45.2 Å². The molecule has 0 saturated carbocycles. The molecule has 0 aromatic heterocycles. The van der Waals surface area contributed by atoms with Crippen LogP contribution in [0.5, 0.6) is 34.5 Å². The van der Waals surface area contributed by atoms with Crippen LogP contribution in [0.4, 0.5) is 0 Å². The number of aliphatic carboxylic acids is 2. The normalized spacial score (nSPS) is 19.2. The van der Waals surface area contributed by atoms with Gasteiger partial charge in [-0.1, -0.05) is 206 Å². The molecule has 2 aliphatic rings. The summed E-state index contributed by atoms with van der Waals surface area (Å²) in [6.45, 7) is 0. The number of rotatable bonds is 24. The average molecular weight is 1130 g/mol. The van der Waals surface area contributed by atoms with Crippen molar-refractivity contribution in [3.8, 4) is 34.5 Å². The van der Waals surface area contributed by atoms with Crippen molar-refractivity contribution in [2.75, 3.05) is 54.2 Å². The lowest BCUT2D eigenvalue weighted by molar-refractivity contribution is -0.142. The van der Waals surface area contributed by atoms with Crippen LogP contribution in [0, 0.1) is 22.7 Å². The standard InChI is InChI=1S/C70H66O12S/c1-77-61-25-13-7-19-49(61)31-35-55-43-69(67(71)72,41-39-53-23-11-17-29-65(53)81-5)44-56(36-32-50-20-8-14-26-62(50)78-2)59(55)47-83(75,76)48-60-57(37-33-51-21-9-15-27-63(51)79-3)45-70(68(73)74,42-40-54-24-12-18-30-66(54)82-6)46-58(60)38-34-52-22-10-16-28-64(52)80-4/h7-46,59-60H,47-48H2,1-6H3,(H,71,72)(H,73,74)/b35-31+,36-32+,37-33+,38-34+,41-39+,42-40+. The highest BCUT2D eigenvalue weighted by Crippen LogP contribution is 2.45. The Morgan fingerprint density at radius 1 is 0.361 bits per heavy atom. The molecule has 2 N–H and O–H groups in total. The van der Waals surface area contributed by atoms with Gasteiger partial charge >= 0.3 is 11.9 Å². The number of benzene rings is 6. The zero-order valence-electron chi connectivity index (χ0n) is 47.0. The molecule has 6 aromatic rings. The number of hydrogen-bond acceptors (Lipinski definition) is 10. The van der Waals surface area contributed by atoms with Gasteiger partial charge in [0.1, 0.15) is 45.3 Å². The molecule has 83 heavy (non-hydrogen) atoms. The third-order valence-electron chi connectivity index (χ3n) is 14.5. The Balaban J connectivity index is 1.33. The van der Waals surface area contributed by atoms with Crippen LogP contribution >= 0.6 is 0 Å². The quantitative estimate of drug-likeness (QED) is 0.0590. The monoisotopic (exact) mass is 1130 g/mol. The van der Waals surface area contributed by atoms with Gasteiger partial charge < -0.3 is 38.6 Å². The number of carboxylic acid groups (broad SMARTS) is 2. The lowest BCUT2D eigenvalue weighted by Gasteiger charge is -2.34. The molecule has 0 spiro atoms.